The summed E-state index contributed by atoms with van der Waals surface area (Å²) in [5, 5.41) is 10.4. The molecule has 1 saturated heterocycles. The minimum atomic E-state index is -0.439. The smallest absolute Gasteiger partial charge is 0.130 e. The third-order valence-corrected chi connectivity index (χ3v) is 11.1. The molecular formula is C28H44O3. The third-order valence-electron chi connectivity index (χ3n) is 11.1. The van der Waals surface area contributed by atoms with E-state index >= 15 is 0 Å². The highest BCUT2D eigenvalue weighted by Gasteiger charge is 2.74. The van der Waals surface area contributed by atoms with E-state index in [1.54, 1.807) is 0 Å². The molecule has 2 spiro atoms. The van der Waals surface area contributed by atoms with Gasteiger partial charge < -0.3 is 5.11 Å². The Morgan fingerprint density at radius 2 is 1.68 bits per heavy atom. The molecule has 174 valence electrons. The summed E-state index contributed by atoms with van der Waals surface area (Å²) in [5.41, 5.74) is -0.366. The quantitative estimate of drug-likeness (QED) is 0.412. The summed E-state index contributed by atoms with van der Waals surface area (Å²) in [6, 6.07) is 0. The fourth-order valence-corrected chi connectivity index (χ4v) is 8.71. The number of hydrogen-bond acceptors (Lipinski definition) is 3. The maximum atomic E-state index is 10.4. The van der Waals surface area contributed by atoms with Crippen LogP contribution in [0.5, 0.6) is 0 Å². The maximum absolute atomic E-state index is 10.4. The molecule has 0 radical (unpaired) electrons. The Morgan fingerprint density at radius 1 is 0.903 bits per heavy atom. The zero-order valence-electron chi connectivity index (χ0n) is 20.6. The molecule has 2 unspecified atom stereocenters. The summed E-state index contributed by atoms with van der Waals surface area (Å²) in [4.78, 5) is 12.8. The van der Waals surface area contributed by atoms with Crippen LogP contribution >= 0.6 is 0 Å². The van der Waals surface area contributed by atoms with Crippen molar-refractivity contribution >= 4 is 0 Å². The van der Waals surface area contributed by atoms with Gasteiger partial charge in [0, 0.05) is 23.7 Å². The second kappa shape index (κ2) is 7.18. The molecule has 4 aliphatic carbocycles. The van der Waals surface area contributed by atoms with Crippen LogP contribution in [0.4, 0.5) is 0 Å². The number of hydrogen-bond donors (Lipinski definition) is 1. The molecule has 0 aromatic heterocycles. The van der Waals surface area contributed by atoms with Crippen molar-refractivity contribution in [2.45, 2.75) is 104 Å². The van der Waals surface area contributed by atoms with E-state index in [0.717, 1.165) is 12.8 Å². The minimum Gasteiger partial charge on any atom is -0.393 e. The lowest BCUT2D eigenvalue weighted by Gasteiger charge is -2.69. The topological polar surface area (TPSA) is 38.7 Å². The first-order valence-electron chi connectivity index (χ1n) is 13.0. The molecule has 3 saturated carbocycles. The highest BCUT2D eigenvalue weighted by atomic mass is 17.2. The summed E-state index contributed by atoms with van der Waals surface area (Å²) in [6.45, 7) is 14.4. The molecule has 0 amide bonds. The van der Waals surface area contributed by atoms with E-state index in [9.17, 15) is 5.11 Å². The van der Waals surface area contributed by atoms with E-state index in [2.05, 4.69) is 65.8 Å². The van der Waals surface area contributed by atoms with Gasteiger partial charge in [-0.1, -0.05) is 59.8 Å². The van der Waals surface area contributed by atoms with E-state index in [-0.39, 0.29) is 22.5 Å². The Bertz CT molecular complexity index is 772. The van der Waals surface area contributed by atoms with Gasteiger partial charge in [-0.15, -0.1) is 0 Å². The number of allylic oxidation sites excluding steroid dienone is 2. The van der Waals surface area contributed by atoms with Crippen LogP contribution in [-0.4, -0.2) is 22.4 Å². The molecule has 2 heterocycles. The van der Waals surface area contributed by atoms with Gasteiger partial charge in [-0.3, -0.25) is 0 Å². The molecule has 31 heavy (non-hydrogen) atoms. The van der Waals surface area contributed by atoms with Gasteiger partial charge in [0.05, 0.1) is 6.10 Å². The van der Waals surface area contributed by atoms with Crippen LogP contribution in [0.1, 0.15) is 86.5 Å². The zero-order chi connectivity index (χ0) is 22.2. The number of fused-ring (bicyclic) bond motifs is 2. The van der Waals surface area contributed by atoms with Crippen molar-refractivity contribution in [3.63, 3.8) is 0 Å². The zero-order valence-corrected chi connectivity index (χ0v) is 20.6. The minimum absolute atomic E-state index is 0.0663. The van der Waals surface area contributed by atoms with Crippen molar-refractivity contribution in [3.05, 3.63) is 24.3 Å². The van der Waals surface area contributed by atoms with Gasteiger partial charge in [-0.05, 0) is 73.7 Å². The maximum Gasteiger partial charge on any atom is 0.130 e. The Labute approximate surface area is 189 Å². The fourth-order valence-electron chi connectivity index (χ4n) is 8.71. The van der Waals surface area contributed by atoms with Gasteiger partial charge in [0.15, 0.2) is 0 Å². The van der Waals surface area contributed by atoms with Gasteiger partial charge in [-0.2, -0.15) is 0 Å². The molecule has 1 N–H and O–H groups in total. The summed E-state index contributed by atoms with van der Waals surface area (Å²) >= 11 is 0. The third kappa shape index (κ3) is 2.88. The van der Waals surface area contributed by atoms with E-state index < -0.39 is 5.60 Å². The SMILES string of the molecule is CC(C)[C@H](C)/C=C/[C@@H](C)[C@H]1CCC2[C@@]34C=C[C@]5(C[C@@H](O)CC[C@]5(C)C3CC[C@@]21C)OO4. The first-order valence-corrected chi connectivity index (χ1v) is 13.0. The largest absolute Gasteiger partial charge is 0.393 e. The van der Waals surface area contributed by atoms with Crippen LogP contribution < -0.4 is 0 Å². The van der Waals surface area contributed by atoms with Crippen molar-refractivity contribution in [2.75, 3.05) is 0 Å². The average Bonchev–Trinajstić information content (AvgIpc) is 3.09. The number of aliphatic hydroxyl groups excluding tert-OH is 1. The van der Waals surface area contributed by atoms with Gasteiger partial charge in [0.1, 0.15) is 11.2 Å². The lowest BCUT2D eigenvalue weighted by molar-refractivity contribution is -0.497. The summed E-state index contributed by atoms with van der Waals surface area (Å²) in [5.74, 6) is 3.64. The first-order chi connectivity index (χ1) is 14.6. The van der Waals surface area contributed by atoms with Crippen molar-refractivity contribution in [1.29, 1.82) is 0 Å². The Morgan fingerprint density at radius 3 is 2.35 bits per heavy atom. The van der Waals surface area contributed by atoms with Crippen LogP contribution in [0.3, 0.4) is 0 Å². The average molecular weight is 429 g/mol. The van der Waals surface area contributed by atoms with Crippen molar-refractivity contribution < 1.29 is 14.9 Å². The molecule has 2 aliphatic heterocycles. The van der Waals surface area contributed by atoms with Crippen LogP contribution in [0.15, 0.2) is 24.3 Å². The molecule has 3 heteroatoms. The molecule has 0 aromatic carbocycles. The van der Waals surface area contributed by atoms with E-state index in [1.165, 1.54) is 25.7 Å². The van der Waals surface area contributed by atoms with Gasteiger partial charge in [0.2, 0.25) is 0 Å². The molecular weight excluding hydrogens is 384 g/mol. The lowest BCUT2D eigenvalue weighted by atomic mass is 9.43. The lowest BCUT2D eigenvalue weighted by Crippen LogP contribution is -2.73. The summed E-state index contributed by atoms with van der Waals surface area (Å²) in [6.07, 6.45) is 17.0. The van der Waals surface area contributed by atoms with Crippen LogP contribution in [0, 0.1) is 46.3 Å². The van der Waals surface area contributed by atoms with Crippen LogP contribution in [-0.2, 0) is 9.78 Å². The summed E-state index contributed by atoms with van der Waals surface area (Å²) < 4.78 is 0. The molecule has 4 fully saturated rings. The Balaban J connectivity index is 1.45. The highest BCUT2D eigenvalue weighted by Crippen LogP contribution is 2.72. The summed E-state index contributed by atoms with van der Waals surface area (Å²) in [7, 11) is 0. The second-order valence-corrected chi connectivity index (χ2v) is 12.7. The van der Waals surface area contributed by atoms with Crippen LogP contribution in [0.25, 0.3) is 0 Å². The number of rotatable bonds is 4. The molecule has 0 aromatic rings. The normalized spacial score (nSPS) is 52.8. The predicted octanol–water partition coefficient (Wildman–Crippen LogP) is 6.47. The standard InChI is InChI=1S/C28H44O3/c1-18(2)19(3)7-8-20(4)22-9-10-23-25(22,5)13-12-24-26(6)14-11-21(29)17-27(26)15-16-28(23,24)31-30-27/h7-8,15-16,18-24,29H,9-14,17H2,1-6H3/b8-7+/t19-,20-,21+,22-,23?,24?,25-,26-,27-,28+/m1/s1. The predicted molar refractivity (Wildman–Crippen MR) is 124 cm³/mol. The number of aliphatic hydroxyl groups is 1. The highest BCUT2D eigenvalue weighted by molar-refractivity contribution is 5.33. The van der Waals surface area contributed by atoms with Crippen molar-refractivity contribution in [1.82, 2.24) is 0 Å². The molecule has 6 aliphatic rings. The first kappa shape index (κ1) is 22.2. The van der Waals surface area contributed by atoms with Gasteiger partial charge in [-0.25, -0.2) is 9.78 Å². The van der Waals surface area contributed by atoms with Gasteiger partial charge >= 0.3 is 0 Å². The van der Waals surface area contributed by atoms with Crippen molar-refractivity contribution in [2.24, 2.45) is 46.3 Å². The van der Waals surface area contributed by atoms with E-state index in [0.29, 0.717) is 41.9 Å². The second-order valence-electron chi connectivity index (χ2n) is 12.7. The molecule has 6 rings (SSSR count). The van der Waals surface area contributed by atoms with Crippen molar-refractivity contribution in [3.8, 4) is 0 Å². The Hall–Kier alpha value is -0.640. The molecule has 3 nitrogen and oxygen atoms in total. The Kier molecular flexibility index (Phi) is 5.13. The fraction of sp³-hybridized carbons (Fsp3) is 0.857. The van der Waals surface area contributed by atoms with Gasteiger partial charge in [0.25, 0.3) is 0 Å². The molecule has 2 bridgehead atoms. The monoisotopic (exact) mass is 428 g/mol. The molecule has 10 atom stereocenters. The van der Waals surface area contributed by atoms with E-state index in [1.807, 2.05) is 0 Å². The van der Waals surface area contributed by atoms with Crippen LogP contribution in [0.2, 0.25) is 0 Å². The van der Waals surface area contributed by atoms with E-state index in [4.69, 9.17) is 9.78 Å².